The maximum atomic E-state index is 15.1. The van der Waals surface area contributed by atoms with E-state index < -0.39 is 71.5 Å². The number of hydrogen-bond acceptors (Lipinski definition) is 1. The topological polar surface area (TPSA) is 9.23 Å². The van der Waals surface area contributed by atoms with Crippen molar-refractivity contribution in [1.29, 1.82) is 0 Å². The van der Waals surface area contributed by atoms with Crippen molar-refractivity contribution >= 4 is 0 Å². The number of halogens is 14. The van der Waals surface area contributed by atoms with Crippen molar-refractivity contribution in [2.24, 2.45) is 0 Å². The van der Waals surface area contributed by atoms with Gasteiger partial charge in [-0.15, -0.1) is 0 Å². The van der Waals surface area contributed by atoms with E-state index in [4.69, 9.17) is 0 Å². The minimum Gasteiger partial charge on any atom is -0.249 e. The highest BCUT2D eigenvalue weighted by molar-refractivity contribution is 5.37. The van der Waals surface area contributed by atoms with Gasteiger partial charge in [0.2, 0.25) is 0 Å². The van der Waals surface area contributed by atoms with Crippen LogP contribution in [0.2, 0.25) is 0 Å². The fourth-order valence-electron chi connectivity index (χ4n) is 3.20. The molecule has 0 spiro atoms. The number of benzene rings is 2. The van der Waals surface area contributed by atoms with Crippen LogP contribution in [0, 0.1) is 0 Å². The molecule has 0 radical (unpaired) electrons. The highest BCUT2D eigenvalue weighted by Crippen LogP contribution is 2.60. The molecule has 0 bridgehead atoms. The fourth-order valence-corrected chi connectivity index (χ4v) is 3.20. The molecule has 2 aromatic carbocycles. The average Bonchev–Trinajstić information content (AvgIpc) is 2.75. The molecule has 0 heterocycles. The third-order valence-corrected chi connectivity index (χ3v) is 4.90. The molecule has 196 valence electrons. The van der Waals surface area contributed by atoms with Crippen molar-refractivity contribution in [2.45, 2.75) is 49.3 Å². The summed E-state index contributed by atoms with van der Waals surface area (Å²) in [6.45, 7) is -4.08. The Balaban J connectivity index is 2.78. The van der Waals surface area contributed by atoms with Gasteiger partial charge in [0.15, 0.2) is 0 Å². The van der Waals surface area contributed by atoms with E-state index in [9.17, 15) is 52.7 Å². The molecule has 2 unspecified atom stereocenters. The summed E-state index contributed by atoms with van der Waals surface area (Å²) in [5.74, 6) is 0. The van der Waals surface area contributed by atoms with Gasteiger partial charge in [0.05, 0.1) is 0 Å². The summed E-state index contributed by atoms with van der Waals surface area (Å²) >= 11 is 0. The number of hydrogen-bond donors (Lipinski definition) is 0. The van der Waals surface area contributed by atoms with E-state index in [1.165, 1.54) is 0 Å². The molecule has 2 aromatic rings. The van der Waals surface area contributed by atoms with Gasteiger partial charge in [-0.25, -0.2) is 22.3 Å². The molecule has 0 aromatic heterocycles. The van der Waals surface area contributed by atoms with Gasteiger partial charge in [0, 0.05) is 11.1 Å². The van der Waals surface area contributed by atoms with E-state index in [1.807, 2.05) is 0 Å². The highest BCUT2D eigenvalue weighted by atomic mass is 19.4. The van der Waals surface area contributed by atoms with Crippen LogP contribution in [0.5, 0.6) is 0 Å². The number of ether oxygens (including phenoxy) is 1. The lowest BCUT2D eigenvalue weighted by atomic mass is 9.88. The van der Waals surface area contributed by atoms with Gasteiger partial charge in [0.25, 0.3) is 0 Å². The van der Waals surface area contributed by atoms with E-state index >= 15 is 8.78 Å². The molecule has 0 aliphatic heterocycles. The Morgan fingerprint density at radius 1 is 0.486 bits per heavy atom. The predicted molar refractivity (Wildman–Crippen MR) is 91.2 cm³/mol. The molecule has 0 fully saturated rings. The van der Waals surface area contributed by atoms with E-state index in [-0.39, 0.29) is 12.1 Å². The zero-order valence-electron chi connectivity index (χ0n) is 16.7. The van der Waals surface area contributed by atoms with Crippen molar-refractivity contribution in [3.63, 3.8) is 0 Å². The van der Waals surface area contributed by atoms with Crippen LogP contribution in [0.4, 0.5) is 61.5 Å². The Morgan fingerprint density at radius 3 is 1.03 bits per heavy atom. The summed E-state index contributed by atoms with van der Waals surface area (Å²) in [7, 11) is 0. The second kappa shape index (κ2) is 9.13. The van der Waals surface area contributed by atoms with Crippen molar-refractivity contribution in [3.05, 3.63) is 70.8 Å². The molecule has 0 saturated carbocycles. The molecule has 2 rings (SSSR count). The van der Waals surface area contributed by atoms with Crippen molar-refractivity contribution in [1.82, 2.24) is 0 Å². The monoisotopic (exact) mass is 534 g/mol. The minimum absolute atomic E-state index is 0.0946. The molecule has 35 heavy (non-hydrogen) atoms. The lowest BCUT2D eigenvalue weighted by molar-refractivity contribution is -0.489. The van der Waals surface area contributed by atoms with Gasteiger partial charge in [0.1, 0.15) is 13.3 Å². The molecule has 0 amide bonds. The van der Waals surface area contributed by atoms with Crippen LogP contribution < -0.4 is 0 Å². The standard InChI is InChI=1S/C20H12F14O/c21-9-11-5-1-3-7-13(11)15(23,17(25,26)27)19(31,32)35-20(33,34)16(24,18(28,29)30)14-8-4-2-6-12(14)10-22/h1-8H,9-10H2. The SMILES string of the molecule is FCc1ccccc1C(F)(C(F)(F)F)C(F)(F)OC(F)(F)C(F)(c1ccccc1CF)C(F)(F)F. The Kier molecular flexibility index (Phi) is 7.48. The van der Waals surface area contributed by atoms with Gasteiger partial charge >= 0.3 is 35.9 Å². The van der Waals surface area contributed by atoms with Crippen LogP contribution in [0.1, 0.15) is 22.3 Å². The molecular formula is C20H12F14O. The maximum Gasteiger partial charge on any atom is 0.435 e. The highest BCUT2D eigenvalue weighted by Gasteiger charge is 2.81. The Labute approximate surface area is 187 Å². The van der Waals surface area contributed by atoms with Crippen LogP contribution in [-0.4, -0.2) is 24.6 Å². The summed E-state index contributed by atoms with van der Waals surface area (Å²) < 4.78 is 198. The molecule has 0 N–H and O–H groups in total. The fraction of sp³-hybridized carbons (Fsp3) is 0.400. The van der Waals surface area contributed by atoms with E-state index in [0.717, 1.165) is 12.1 Å². The first-order chi connectivity index (χ1) is 15.8. The summed E-state index contributed by atoms with van der Waals surface area (Å²) in [5.41, 5.74) is -20.3. The summed E-state index contributed by atoms with van der Waals surface area (Å²) in [6.07, 6.45) is -27.8. The average molecular weight is 534 g/mol. The van der Waals surface area contributed by atoms with Crippen LogP contribution in [0.25, 0.3) is 0 Å². The minimum atomic E-state index is -6.98. The first-order valence-corrected chi connectivity index (χ1v) is 9.07. The van der Waals surface area contributed by atoms with Crippen LogP contribution in [0.3, 0.4) is 0 Å². The van der Waals surface area contributed by atoms with Gasteiger partial charge in [-0.05, 0) is 11.1 Å². The van der Waals surface area contributed by atoms with Gasteiger partial charge in [-0.3, -0.25) is 0 Å². The molecule has 2 atom stereocenters. The predicted octanol–water partition coefficient (Wildman–Crippen LogP) is 7.98. The second-order valence-electron chi connectivity index (χ2n) is 7.03. The molecular weight excluding hydrogens is 522 g/mol. The number of alkyl halides is 14. The molecule has 1 nitrogen and oxygen atoms in total. The lowest BCUT2D eigenvalue weighted by Crippen LogP contribution is -2.62. The maximum absolute atomic E-state index is 15.1. The van der Waals surface area contributed by atoms with Crippen LogP contribution >= 0.6 is 0 Å². The third-order valence-electron chi connectivity index (χ3n) is 4.90. The Morgan fingerprint density at radius 2 is 0.771 bits per heavy atom. The Hall–Kier alpha value is -2.58. The quantitative estimate of drug-likeness (QED) is 0.312. The first-order valence-electron chi connectivity index (χ1n) is 9.07. The summed E-state index contributed by atoms with van der Waals surface area (Å²) in [4.78, 5) is 0. The van der Waals surface area contributed by atoms with Gasteiger partial charge in [-0.2, -0.15) is 43.9 Å². The van der Waals surface area contributed by atoms with Crippen LogP contribution in [0.15, 0.2) is 48.5 Å². The van der Waals surface area contributed by atoms with Crippen LogP contribution in [-0.2, 0) is 29.4 Å². The smallest absolute Gasteiger partial charge is 0.249 e. The summed E-state index contributed by atoms with van der Waals surface area (Å²) in [5, 5.41) is 0. The zero-order valence-corrected chi connectivity index (χ0v) is 16.7. The normalized spacial score (nSPS) is 17.1. The van der Waals surface area contributed by atoms with Gasteiger partial charge in [-0.1, -0.05) is 48.5 Å². The van der Waals surface area contributed by atoms with E-state index in [1.54, 1.807) is 0 Å². The molecule has 15 heteroatoms. The van der Waals surface area contributed by atoms with E-state index in [2.05, 4.69) is 4.74 Å². The first kappa shape index (κ1) is 28.7. The Bertz CT molecular complexity index is 949. The lowest BCUT2D eigenvalue weighted by Gasteiger charge is -2.41. The van der Waals surface area contributed by atoms with Crippen molar-refractivity contribution < 1.29 is 66.2 Å². The third kappa shape index (κ3) is 4.54. The number of rotatable bonds is 8. The molecule has 0 aliphatic rings. The largest absolute Gasteiger partial charge is 0.435 e. The van der Waals surface area contributed by atoms with E-state index in [0.29, 0.717) is 24.3 Å². The van der Waals surface area contributed by atoms with Crippen molar-refractivity contribution in [2.75, 3.05) is 0 Å². The molecule has 0 aliphatic carbocycles. The van der Waals surface area contributed by atoms with Gasteiger partial charge < -0.3 is 0 Å². The second-order valence-corrected chi connectivity index (χ2v) is 7.03. The zero-order chi connectivity index (χ0) is 27.1. The summed E-state index contributed by atoms with van der Waals surface area (Å²) in [6, 6.07) is 2.97. The van der Waals surface area contributed by atoms with Crippen molar-refractivity contribution in [3.8, 4) is 0 Å². The molecule has 0 saturated heterocycles.